The van der Waals surface area contributed by atoms with Crippen LogP contribution in [0.15, 0.2) is 28.8 Å². The third-order valence-corrected chi connectivity index (χ3v) is 4.51. The minimum absolute atomic E-state index is 0.111. The molecule has 8 heteroatoms. The lowest BCUT2D eigenvalue weighted by molar-refractivity contribution is -0.159. The Kier molecular flexibility index (Phi) is 5.29. The summed E-state index contributed by atoms with van der Waals surface area (Å²) in [4.78, 5) is 17.7. The normalized spacial score (nSPS) is 14.9. The van der Waals surface area contributed by atoms with Crippen LogP contribution < -0.4 is 0 Å². The van der Waals surface area contributed by atoms with E-state index in [1.807, 2.05) is 11.8 Å². The van der Waals surface area contributed by atoms with Crippen LogP contribution in [0.1, 0.15) is 44.1 Å². The van der Waals surface area contributed by atoms with E-state index in [0.717, 1.165) is 31.2 Å². The first kappa shape index (κ1) is 18.4. The van der Waals surface area contributed by atoms with Gasteiger partial charge in [-0.05, 0) is 24.8 Å². The highest BCUT2D eigenvalue weighted by Gasteiger charge is 2.38. The van der Waals surface area contributed by atoms with Crippen molar-refractivity contribution in [1.82, 2.24) is 15.0 Å². The fourth-order valence-electron chi connectivity index (χ4n) is 2.89. The first-order chi connectivity index (χ1) is 12.4. The van der Waals surface area contributed by atoms with E-state index < -0.39 is 12.1 Å². The summed E-state index contributed by atoms with van der Waals surface area (Å²) in [6.45, 7) is 3.21. The summed E-state index contributed by atoms with van der Waals surface area (Å²) in [5, 5.41) is 3.37. The lowest BCUT2D eigenvalue weighted by atomic mass is 9.84. The van der Waals surface area contributed by atoms with Crippen LogP contribution in [0.25, 0.3) is 11.4 Å². The third kappa shape index (κ3) is 4.05. The van der Waals surface area contributed by atoms with Gasteiger partial charge in [-0.25, -0.2) is 0 Å². The van der Waals surface area contributed by atoms with E-state index in [1.54, 1.807) is 24.3 Å². The minimum Gasteiger partial charge on any atom is -0.338 e. The molecule has 1 heterocycles. The van der Waals surface area contributed by atoms with E-state index in [0.29, 0.717) is 18.7 Å². The Labute approximate surface area is 149 Å². The van der Waals surface area contributed by atoms with Crippen LogP contribution in [0, 0.1) is 5.92 Å². The molecular formula is C18H20F3N3O2. The monoisotopic (exact) mass is 367 g/mol. The molecule has 0 aliphatic heterocycles. The molecule has 5 nitrogen and oxygen atoms in total. The second-order valence-electron chi connectivity index (χ2n) is 6.51. The maximum atomic E-state index is 12.5. The van der Waals surface area contributed by atoms with Gasteiger partial charge in [0.1, 0.15) is 0 Å². The van der Waals surface area contributed by atoms with E-state index in [9.17, 15) is 18.0 Å². The number of hydrogen-bond donors (Lipinski definition) is 0. The molecule has 0 bridgehead atoms. The van der Waals surface area contributed by atoms with Crippen molar-refractivity contribution in [3.8, 4) is 11.4 Å². The van der Waals surface area contributed by atoms with Gasteiger partial charge in [-0.1, -0.05) is 42.8 Å². The zero-order valence-corrected chi connectivity index (χ0v) is 14.4. The first-order valence-corrected chi connectivity index (χ1v) is 8.67. The summed E-state index contributed by atoms with van der Waals surface area (Å²) < 4.78 is 41.9. The minimum atomic E-state index is -4.66. The molecule has 1 amide bonds. The summed E-state index contributed by atoms with van der Waals surface area (Å²) in [5.41, 5.74) is 1.34. The van der Waals surface area contributed by atoms with Crippen molar-refractivity contribution in [2.45, 2.75) is 45.3 Å². The predicted octanol–water partition coefficient (Wildman–Crippen LogP) is 4.29. The van der Waals surface area contributed by atoms with Gasteiger partial charge >= 0.3 is 12.1 Å². The zero-order valence-electron chi connectivity index (χ0n) is 14.4. The molecule has 0 radical (unpaired) electrons. The Balaban J connectivity index is 1.70. The lowest BCUT2D eigenvalue weighted by Crippen LogP contribution is -2.38. The second kappa shape index (κ2) is 7.47. The average Bonchev–Trinajstić information content (AvgIpc) is 3.03. The van der Waals surface area contributed by atoms with Crippen molar-refractivity contribution >= 4 is 5.91 Å². The van der Waals surface area contributed by atoms with E-state index >= 15 is 0 Å². The molecule has 1 fully saturated rings. The maximum Gasteiger partial charge on any atom is 0.471 e. The second-order valence-corrected chi connectivity index (χ2v) is 6.51. The van der Waals surface area contributed by atoms with Crippen LogP contribution in [-0.2, 0) is 17.5 Å². The van der Waals surface area contributed by atoms with Gasteiger partial charge in [0.05, 0.1) is 0 Å². The third-order valence-electron chi connectivity index (χ3n) is 4.51. The number of hydrogen-bond acceptors (Lipinski definition) is 4. The molecule has 0 spiro atoms. The molecule has 1 aliphatic rings. The first-order valence-electron chi connectivity index (χ1n) is 8.67. The fraction of sp³-hybridized carbons (Fsp3) is 0.500. The van der Waals surface area contributed by atoms with Gasteiger partial charge in [-0.15, -0.1) is 0 Å². The number of rotatable bonds is 6. The highest BCUT2D eigenvalue weighted by molar-refractivity contribution is 5.79. The molecule has 0 N–H and O–H groups in total. The molecule has 26 heavy (non-hydrogen) atoms. The number of benzene rings is 1. The number of halogens is 3. The molecule has 140 valence electrons. The van der Waals surface area contributed by atoms with Gasteiger partial charge in [-0.2, -0.15) is 18.2 Å². The number of alkyl halides is 3. The summed E-state index contributed by atoms with van der Waals surface area (Å²) in [6, 6.07) is 6.82. The van der Waals surface area contributed by atoms with Crippen LogP contribution in [0.3, 0.4) is 0 Å². The molecule has 3 rings (SSSR count). The van der Waals surface area contributed by atoms with Crippen LogP contribution in [0.2, 0.25) is 0 Å². The number of aromatic nitrogens is 2. The molecule has 2 aromatic rings. The van der Waals surface area contributed by atoms with E-state index in [2.05, 4.69) is 14.7 Å². The molecule has 0 saturated heterocycles. The van der Waals surface area contributed by atoms with Crippen LogP contribution in [0.5, 0.6) is 0 Å². The van der Waals surface area contributed by atoms with Crippen molar-refractivity contribution in [1.29, 1.82) is 0 Å². The standard InChI is InChI=1S/C18H20F3N3O2/c1-2-10-24(16(25)14-4-3-5-14)11-12-6-8-13(9-7-12)15-22-17(26-23-15)18(19,20)21/h6-9,14H,2-5,10-11H2,1H3. The number of carbonyl (C=O) groups excluding carboxylic acids is 1. The largest absolute Gasteiger partial charge is 0.471 e. The summed E-state index contributed by atoms with van der Waals surface area (Å²) in [5.74, 6) is -1.15. The van der Waals surface area contributed by atoms with Crippen molar-refractivity contribution in [3.05, 3.63) is 35.7 Å². The summed E-state index contributed by atoms with van der Waals surface area (Å²) in [6.07, 6.45) is -0.766. The van der Waals surface area contributed by atoms with Gasteiger partial charge < -0.3 is 9.42 Å². The van der Waals surface area contributed by atoms with Crippen molar-refractivity contribution in [2.24, 2.45) is 5.92 Å². The highest BCUT2D eigenvalue weighted by atomic mass is 19.4. The van der Waals surface area contributed by atoms with Crippen molar-refractivity contribution < 1.29 is 22.5 Å². The van der Waals surface area contributed by atoms with E-state index in [-0.39, 0.29) is 17.6 Å². The summed E-state index contributed by atoms with van der Waals surface area (Å²) >= 11 is 0. The number of amides is 1. The molecule has 0 unspecified atom stereocenters. The van der Waals surface area contributed by atoms with Crippen LogP contribution in [-0.4, -0.2) is 27.5 Å². The van der Waals surface area contributed by atoms with Gasteiger partial charge in [-0.3, -0.25) is 4.79 Å². The van der Waals surface area contributed by atoms with E-state index in [4.69, 9.17) is 0 Å². The Morgan fingerprint density at radius 2 is 1.96 bits per heavy atom. The molecular weight excluding hydrogens is 347 g/mol. The Hall–Kier alpha value is -2.38. The molecule has 0 atom stereocenters. The van der Waals surface area contributed by atoms with Crippen LogP contribution >= 0.6 is 0 Å². The summed E-state index contributed by atoms with van der Waals surface area (Å²) in [7, 11) is 0. The van der Waals surface area contributed by atoms with Crippen molar-refractivity contribution in [3.63, 3.8) is 0 Å². The fourth-order valence-corrected chi connectivity index (χ4v) is 2.89. The Bertz CT molecular complexity index is 752. The number of nitrogens with zero attached hydrogens (tertiary/aromatic N) is 3. The molecule has 1 saturated carbocycles. The van der Waals surface area contributed by atoms with Gasteiger partial charge in [0.2, 0.25) is 11.7 Å². The molecule has 1 aromatic carbocycles. The van der Waals surface area contributed by atoms with Gasteiger partial charge in [0.25, 0.3) is 0 Å². The Morgan fingerprint density at radius 1 is 1.27 bits per heavy atom. The SMILES string of the molecule is CCCN(Cc1ccc(-c2noc(C(F)(F)F)n2)cc1)C(=O)C1CCC1. The zero-order chi connectivity index (χ0) is 18.7. The highest BCUT2D eigenvalue weighted by Crippen LogP contribution is 2.30. The van der Waals surface area contributed by atoms with Crippen LogP contribution in [0.4, 0.5) is 13.2 Å². The average molecular weight is 367 g/mol. The topological polar surface area (TPSA) is 59.2 Å². The lowest BCUT2D eigenvalue weighted by Gasteiger charge is -2.31. The van der Waals surface area contributed by atoms with Gasteiger partial charge in [0.15, 0.2) is 0 Å². The van der Waals surface area contributed by atoms with Crippen molar-refractivity contribution in [2.75, 3.05) is 6.54 Å². The quantitative estimate of drug-likeness (QED) is 0.764. The maximum absolute atomic E-state index is 12.5. The predicted molar refractivity (Wildman–Crippen MR) is 87.8 cm³/mol. The number of carbonyl (C=O) groups is 1. The van der Waals surface area contributed by atoms with E-state index in [1.165, 1.54) is 0 Å². The van der Waals surface area contributed by atoms with Gasteiger partial charge in [0, 0.05) is 24.6 Å². The molecule has 1 aliphatic carbocycles. The molecule has 1 aromatic heterocycles. The smallest absolute Gasteiger partial charge is 0.338 e. The Morgan fingerprint density at radius 3 is 2.46 bits per heavy atom.